The third-order valence-corrected chi connectivity index (χ3v) is 6.43. The van der Waals surface area contributed by atoms with Gasteiger partial charge in [0.2, 0.25) is 5.91 Å². The fourth-order valence-electron chi connectivity index (χ4n) is 4.63. The normalized spacial score (nSPS) is 21.8. The molecule has 0 radical (unpaired) electrons. The predicted octanol–water partition coefficient (Wildman–Crippen LogP) is 3.67. The molecule has 0 aliphatic carbocycles. The second-order valence-corrected chi connectivity index (χ2v) is 8.73. The molecule has 1 saturated heterocycles. The van der Waals surface area contributed by atoms with Crippen molar-refractivity contribution in [3.05, 3.63) is 77.5 Å². The molecule has 8 heteroatoms. The molecule has 34 heavy (non-hydrogen) atoms. The molecule has 3 N–H and O–H groups in total. The summed E-state index contributed by atoms with van der Waals surface area (Å²) in [5.74, 6) is 0.0960. The maximum absolute atomic E-state index is 11.7. The van der Waals surface area contributed by atoms with Gasteiger partial charge in [0.15, 0.2) is 0 Å². The van der Waals surface area contributed by atoms with Crippen LogP contribution in [0.2, 0.25) is 0 Å². The first-order valence-corrected chi connectivity index (χ1v) is 11.3. The van der Waals surface area contributed by atoms with Gasteiger partial charge in [0.05, 0.1) is 17.8 Å². The number of hydrogen-bond donors (Lipinski definition) is 3. The minimum absolute atomic E-state index is 0.109. The number of pyridine rings is 1. The van der Waals surface area contributed by atoms with E-state index >= 15 is 0 Å². The van der Waals surface area contributed by atoms with E-state index < -0.39 is 11.5 Å². The first-order chi connectivity index (χ1) is 16.6. The van der Waals surface area contributed by atoms with E-state index in [1.807, 2.05) is 55.5 Å². The highest BCUT2D eigenvalue weighted by atomic mass is 16.7. The Morgan fingerprint density at radius 3 is 2.91 bits per heavy atom. The predicted molar refractivity (Wildman–Crippen MR) is 126 cm³/mol. The molecular formula is C26H27N3O5. The number of carbonyl (C=O) groups excluding carboxylic acids is 1. The van der Waals surface area contributed by atoms with Crippen molar-refractivity contribution in [3.8, 4) is 5.75 Å². The summed E-state index contributed by atoms with van der Waals surface area (Å²) in [7, 11) is 0. The van der Waals surface area contributed by atoms with Crippen LogP contribution in [0.5, 0.6) is 5.75 Å². The first kappa shape index (κ1) is 22.3. The number of ether oxygens (including phenoxy) is 2. The highest BCUT2D eigenvalue weighted by Crippen LogP contribution is 2.39. The van der Waals surface area contributed by atoms with Crippen molar-refractivity contribution < 1.29 is 24.3 Å². The number of carbonyl (C=O) groups is 1. The Morgan fingerprint density at radius 2 is 2.09 bits per heavy atom. The van der Waals surface area contributed by atoms with Crippen LogP contribution in [0, 0.1) is 12.8 Å². The van der Waals surface area contributed by atoms with Crippen molar-refractivity contribution >= 4 is 22.5 Å². The Balaban J connectivity index is 1.30. The van der Waals surface area contributed by atoms with Crippen LogP contribution >= 0.6 is 0 Å². The zero-order valence-electron chi connectivity index (χ0n) is 18.9. The van der Waals surface area contributed by atoms with Gasteiger partial charge in [-0.3, -0.25) is 25.3 Å². The lowest BCUT2D eigenvalue weighted by Crippen LogP contribution is -2.47. The van der Waals surface area contributed by atoms with Crippen molar-refractivity contribution in [2.24, 2.45) is 5.92 Å². The molecule has 5 rings (SSSR count). The van der Waals surface area contributed by atoms with Gasteiger partial charge in [-0.25, -0.2) is 5.48 Å². The number of rotatable bonds is 6. The molecular weight excluding hydrogens is 434 g/mol. The van der Waals surface area contributed by atoms with Crippen LogP contribution in [0.15, 0.2) is 60.7 Å². The average Bonchev–Trinajstić information content (AvgIpc) is 3.28. The maximum Gasteiger partial charge on any atom is 0.243 e. The summed E-state index contributed by atoms with van der Waals surface area (Å²) >= 11 is 0. The lowest BCUT2D eigenvalue weighted by Gasteiger charge is -2.37. The number of hydroxylamine groups is 2. The largest absolute Gasteiger partial charge is 0.489 e. The Morgan fingerprint density at radius 1 is 1.26 bits per heavy atom. The number of para-hydroxylation sites is 1. The summed E-state index contributed by atoms with van der Waals surface area (Å²) in [6, 6.07) is 17.9. The summed E-state index contributed by atoms with van der Waals surface area (Å²) in [4.78, 5) is 22.3. The molecule has 2 atom stereocenters. The zero-order chi connectivity index (χ0) is 23.5. The van der Waals surface area contributed by atoms with Gasteiger partial charge in [0.25, 0.3) is 0 Å². The van der Waals surface area contributed by atoms with Gasteiger partial charge in [-0.05, 0) is 55.0 Å². The minimum Gasteiger partial charge on any atom is -0.489 e. The van der Waals surface area contributed by atoms with Crippen LogP contribution in [0.3, 0.4) is 0 Å². The fraction of sp³-hybridized carbons (Fsp3) is 0.308. The van der Waals surface area contributed by atoms with E-state index in [0.717, 1.165) is 39.2 Å². The number of nitrogens with one attached hydrogen (secondary N) is 2. The number of benzene rings is 2. The van der Waals surface area contributed by atoms with E-state index in [-0.39, 0.29) is 12.3 Å². The highest BCUT2D eigenvalue weighted by molar-refractivity contribution is 5.82. The van der Waals surface area contributed by atoms with E-state index in [0.29, 0.717) is 26.2 Å². The number of hydrogen-bond acceptors (Lipinski definition) is 7. The van der Waals surface area contributed by atoms with Crippen LogP contribution < -0.4 is 15.7 Å². The van der Waals surface area contributed by atoms with Crippen LogP contribution in [0.4, 0.5) is 0 Å². The molecule has 2 aromatic carbocycles. The van der Waals surface area contributed by atoms with Crippen molar-refractivity contribution in [3.63, 3.8) is 0 Å². The number of amides is 1. The number of aromatic nitrogens is 1. The maximum atomic E-state index is 11.7. The molecule has 3 heterocycles. The third kappa shape index (κ3) is 4.48. The Bertz CT molecular complexity index is 1230. The Hall–Kier alpha value is -3.46. The molecule has 1 fully saturated rings. The quantitative estimate of drug-likeness (QED) is 0.380. The average molecular weight is 462 g/mol. The van der Waals surface area contributed by atoms with Crippen LogP contribution in [0.25, 0.3) is 16.6 Å². The smallest absolute Gasteiger partial charge is 0.243 e. The van der Waals surface area contributed by atoms with Gasteiger partial charge in [0.1, 0.15) is 18.0 Å². The molecule has 1 spiro atoms. The minimum atomic E-state index is -0.657. The fourth-order valence-corrected chi connectivity index (χ4v) is 4.63. The molecule has 8 nitrogen and oxygen atoms in total. The highest BCUT2D eigenvalue weighted by Gasteiger charge is 2.46. The Kier molecular flexibility index (Phi) is 6.19. The van der Waals surface area contributed by atoms with Gasteiger partial charge in [-0.1, -0.05) is 18.2 Å². The molecule has 0 bridgehead atoms. The summed E-state index contributed by atoms with van der Waals surface area (Å²) in [5.41, 5.74) is 8.87. The van der Waals surface area contributed by atoms with Crippen LogP contribution in [-0.2, 0) is 21.0 Å². The first-order valence-electron chi connectivity index (χ1n) is 11.3. The van der Waals surface area contributed by atoms with Gasteiger partial charge in [-0.15, -0.1) is 0 Å². The molecule has 1 amide bonds. The van der Waals surface area contributed by atoms with Crippen molar-refractivity contribution in [2.45, 2.75) is 32.0 Å². The molecule has 2 aliphatic heterocycles. The van der Waals surface area contributed by atoms with E-state index in [4.69, 9.17) is 19.5 Å². The van der Waals surface area contributed by atoms with E-state index in [1.54, 1.807) is 5.48 Å². The lowest BCUT2D eigenvalue weighted by atomic mass is 9.80. The molecule has 1 aromatic heterocycles. The van der Waals surface area contributed by atoms with Crippen LogP contribution in [0.1, 0.15) is 29.7 Å². The van der Waals surface area contributed by atoms with Crippen molar-refractivity contribution in [1.29, 1.82) is 0 Å². The Labute approximate surface area is 197 Å². The molecule has 176 valence electrons. The molecule has 2 aliphatic rings. The van der Waals surface area contributed by atoms with Crippen molar-refractivity contribution in [1.82, 2.24) is 15.9 Å². The summed E-state index contributed by atoms with van der Waals surface area (Å²) < 4.78 is 11.6. The number of aryl methyl sites for hydroxylation is 1. The summed E-state index contributed by atoms with van der Waals surface area (Å²) in [6.45, 7) is 3.36. The summed E-state index contributed by atoms with van der Waals surface area (Å²) in [5, 5.41) is 10.00. The standard InChI is InChI=1S/C26H27N3O5/c1-17-12-19(22-4-2-3-5-23(22)27-17)15-33-21-8-6-18(7-9-21)24-14-26(34-29-24)10-11-32-16-20(26)13-25(30)28-31/h2-9,12,14,20,29,31H,10-11,13,15-16H2,1H3,(H,28,30). The van der Waals surface area contributed by atoms with E-state index in [9.17, 15) is 4.79 Å². The number of fused-ring (bicyclic) bond motifs is 1. The van der Waals surface area contributed by atoms with Gasteiger partial charge < -0.3 is 9.47 Å². The molecule has 0 saturated carbocycles. The zero-order valence-corrected chi connectivity index (χ0v) is 18.9. The van der Waals surface area contributed by atoms with Gasteiger partial charge in [-0.2, -0.15) is 0 Å². The second-order valence-electron chi connectivity index (χ2n) is 8.73. The van der Waals surface area contributed by atoms with Crippen molar-refractivity contribution in [2.75, 3.05) is 13.2 Å². The van der Waals surface area contributed by atoms with Gasteiger partial charge in [0, 0.05) is 42.0 Å². The molecule has 3 aromatic rings. The second kappa shape index (κ2) is 9.42. The SMILES string of the molecule is Cc1cc(COc2ccc(C3=CC4(CCOCC4CC(=O)NO)ON3)cc2)c2ccccc2n1. The lowest BCUT2D eigenvalue weighted by molar-refractivity contribution is -0.151. The van der Waals surface area contributed by atoms with E-state index in [2.05, 4.69) is 22.6 Å². The van der Waals surface area contributed by atoms with E-state index in [1.165, 1.54) is 0 Å². The monoisotopic (exact) mass is 461 g/mol. The molecule has 2 unspecified atom stereocenters. The number of nitrogens with zero attached hydrogens (tertiary/aromatic N) is 1. The summed E-state index contributed by atoms with van der Waals surface area (Å²) in [6.07, 6.45) is 2.75. The van der Waals surface area contributed by atoms with Crippen LogP contribution in [-0.4, -0.2) is 34.9 Å². The topological polar surface area (TPSA) is 102 Å². The third-order valence-electron chi connectivity index (χ3n) is 6.43. The van der Waals surface area contributed by atoms with Gasteiger partial charge >= 0.3 is 0 Å².